The highest BCUT2D eigenvalue weighted by Gasteiger charge is 2.50. The molecule has 148 valence electrons. The molecule has 1 aromatic rings. The number of aromatic amines is 2. The third-order valence-corrected chi connectivity index (χ3v) is 3.78. The molecule has 4 atom stereocenters. The lowest BCUT2D eigenvalue weighted by Crippen LogP contribution is -2.39. The lowest BCUT2D eigenvalue weighted by atomic mass is 10.0. The average Bonchev–Trinajstić information content (AvgIpc) is 2.84. The molecule has 0 aromatic carbocycles. The molecule has 2 rings (SSSR count). The zero-order chi connectivity index (χ0) is 20.1. The zero-order valence-electron chi connectivity index (χ0n) is 15.0. The topological polar surface area (TPSA) is 154 Å². The van der Waals surface area contributed by atoms with Crippen molar-refractivity contribution in [2.75, 3.05) is 6.61 Å². The summed E-state index contributed by atoms with van der Waals surface area (Å²) in [6.07, 6.45) is -2.79. The van der Waals surface area contributed by atoms with Crippen molar-refractivity contribution in [2.45, 2.75) is 51.6 Å². The van der Waals surface area contributed by atoms with E-state index in [1.165, 1.54) is 13.8 Å². The number of esters is 3. The molecular weight excluding hydrogens is 364 g/mol. The molecule has 2 N–H and O–H groups in total. The molecule has 0 amide bonds. The molecule has 0 saturated carbocycles. The van der Waals surface area contributed by atoms with Crippen molar-refractivity contribution in [1.82, 2.24) is 9.97 Å². The third-order valence-electron chi connectivity index (χ3n) is 3.78. The van der Waals surface area contributed by atoms with Gasteiger partial charge in [-0.3, -0.25) is 24.2 Å². The Hall–Kier alpha value is -2.95. The highest BCUT2D eigenvalue weighted by Crippen LogP contribution is 2.37. The lowest BCUT2D eigenvalue weighted by molar-refractivity contribution is -0.164. The highest BCUT2D eigenvalue weighted by molar-refractivity contribution is 5.67. The first-order valence-electron chi connectivity index (χ1n) is 8.14. The van der Waals surface area contributed by atoms with Gasteiger partial charge in [-0.2, -0.15) is 0 Å². The van der Waals surface area contributed by atoms with Crippen LogP contribution in [-0.2, 0) is 33.3 Å². The number of rotatable bonds is 6. The van der Waals surface area contributed by atoms with Crippen LogP contribution < -0.4 is 11.2 Å². The highest BCUT2D eigenvalue weighted by atomic mass is 16.6. The maximum Gasteiger partial charge on any atom is 0.325 e. The van der Waals surface area contributed by atoms with E-state index in [1.54, 1.807) is 0 Å². The Labute approximate surface area is 153 Å². The van der Waals surface area contributed by atoms with E-state index in [9.17, 15) is 24.0 Å². The van der Waals surface area contributed by atoms with Crippen molar-refractivity contribution in [2.24, 2.45) is 0 Å². The van der Waals surface area contributed by atoms with Crippen LogP contribution in [0.4, 0.5) is 0 Å². The van der Waals surface area contributed by atoms with E-state index < -0.39 is 53.6 Å². The summed E-state index contributed by atoms with van der Waals surface area (Å²) in [7, 11) is 0. The number of hydrogen-bond donors (Lipinski definition) is 2. The van der Waals surface area contributed by atoms with Crippen LogP contribution in [0.1, 0.15) is 38.9 Å². The first-order valence-corrected chi connectivity index (χ1v) is 8.14. The molecule has 11 nitrogen and oxygen atoms in total. The fraction of sp³-hybridized carbons (Fsp3) is 0.562. The monoisotopic (exact) mass is 384 g/mol. The van der Waals surface area contributed by atoms with Crippen molar-refractivity contribution in [1.29, 1.82) is 0 Å². The molecule has 1 fully saturated rings. The SMILES string of the molecule is CC(=O)OCC[C@H]1O[C@@H](c2c[nH]c(=O)[nH]c2=O)[C@H](OC(C)=O)[C@@H]1OC(C)=O. The molecule has 1 aliphatic heterocycles. The van der Waals surface area contributed by atoms with Crippen molar-refractivity contribution in [3.05, 3.63) is 32.6 Å². The summed E-state index contributed by atoms with van der Waals surface area (Å²) in [6.45, 7) is 3.54. The molecule has 11 heteroatoms. The summed E-state index contributed by atoms with van der Waals surface area (Å²) in [5.41, 5.74) is -1.45. The molecule has 1 saturated heterocycles. The van der Waals surface area contributed by atoms with E-state index in [4.69, 9.17) is 18.9 Å². The maximum absolute atomic E-state index is 12.1. The summed E-state index contributed by atoms with van der Waals surface area (Å²) in [5.74, 6) is -1.82. The van der Waals surface area contributed by atoms with E-state index in [0.29, 0.717) is 0 Å². The van der Waals surface area contributed by atoms with Crippen LogP contribution in [0.25, 0.3) is 0 Å². The van der Waals surface area contributed by atoms with E-state index in [0.717, 1.165) is 13.1 Å². The predicted octanol–water partition coefficient (Wildman–Crippen LogP) is -0.680. The Balaban J connectivity index is 2.36. The molecule has 0 unspecified atom stereocenters. The number of hydrogen-bond acceptors (Lipinski definition) is 9. The van der Waals surface area contributed by atoms with Crippen molar-refractivity contribution in [3.8, 4) is 0 Å². The van der Waals surface area contributed by atoms with Gasteiger partial charge in [0.1, 0.15) is 12.2 Å². The van der Waals surface area contributed by atoms with Crippen LogP contribution in [0, 0.1) is 0 Å². The average molecular weight is 384 g/mol. The molecule has 27 heavy (non-hydrogen) atoms. The molecule has 0 spiro atoms. The number of nitrogens with one attached hydrogen (secondary N) is 2. The summed E-state index contributed by atoms with van der Waals surface area (Å²) in [5, 5.41) is 0. The van der Waals surface area contributed by atoms with Crippen molar-refractivity contribution >= 4 is 17.9 Å². The predicted molar refractivity (Wildman–Crippen MR) is 87.7 cm³/mol. The van der Waals surface area contributed by atoms with E-state index in [2.05, 4.69) is 9.97 Å². The van der Waals surface area contributed by atoms with Gasteiger partial charge in [0.25, 0.3) is 5.56 Å². The van der Waals surface area contributed by atoms with Crippen LogP contribution in [0.3, 0.4) is 0 Å². The Morgan fingerprint density at radius 1 is 1.04 bits per heavy atom. The second-order valence-corrected chi connectivity index (χ2v) is 5.90. The van der Waals surface area contributed by atoms with Gasteiger partial charge in [-0.1, -0.05) is 0 Å². The fourth-order valence-corrected chi connectivity index (χ4v) is 2.82. The molecule has 0 aliphatic carbocycles. The summed E-state index contributed by atoms with van der Waals surface area (Å²) < 4.78 is 21.1. The summed E-state index contributed by atoms with van der Waals surface area (Å²) in [4.78, 5) is 61.7. The molecule has 0 radical (unpaired) electrons. The standard InChI is InChI=1S/C16H20N2O9/c1-7(19)24-5-4-11-13(25-8(2)20)14(26-9(3)21)12(27-11)10-6-17-16(23)18-15(10)22/h6,11-14H,4-5H2,1-3H3,(H2,17,18,22,23)/t11-,12+,13-,14+/m1/s1. The van der Waals surface area contributed by atoms with Crippen LogP contribution >= 0.6 is 0 Å². The van der Waals surface area contributed by atoms with E-state index >= 15 is 0 Å². The van der Waals surface area contributed by atoms with E-state index in [1.807, 2.05) is 0 Å². The normalized spacial score (nSPS) is 24.3. The Morgan fingerprint density at radius 2 is 1.67 bits per heavy atom. The third kappa shape index (κ3) is 5.26. The minimum Gasteiger partial charge on any atom is -0.466 e. The van der Waals surface area contributed by atoms with Crippen LogP contribution in [0.2, 0.25) is 0 Å². The van der Waals surface area contributed by atoms with Gasteiger partial charge in [0, 0.05) is 33.4 Å². The van der Waals surface area contributed by atoms with Crippen LogP contribution in [-0.4, -0.2) is 52.8 Å². The van der Waals surface area contributed by atoms with Gasteiger partial charge >= 0.3 is 23.6 Å². The number of ether oxygens (including phenoxy) is 4. The molecule has 1 aliphatic rings. The molecular formula is C16H20N2O9. The van der Waals surface area contributed by atoms with Gasteiger partial charge in [-0.15, -0.1) is 0 Å². The first-order chi connectivity index (χ1) is 12.7. The second-order valence-electron chi connectivity index (χ2n) is 5.90. The van der Waals surface area contributed by atoms with Gasteiger partial charge in [0.05, 0.1) is 12.2 Å². The zero-order valence-corrected chi connectivity index (χ0v) is 15.0. The molecule has 0 bridgehead atoms. The van der Waals surface area contributed by atoms with Gasteiger partial charge in [-0.05, 0) is 0 Å². The lowest BCUT2D eigenvalue weighted by Gasteiger charge is -2.23. The maximum atomic E-state index is 12.1. The Morgan fingerprint density at radius 3 is 2.22 bits per heavy atom. The van der Waals surface area contributed by atoms with E-state index in [-0.39, 0.29) is 18.6 Å². The second kappa shape index (κ2) is 8.62. The largest absolute Gasteiger partial charge is 0.466 e. The minimum absolute atomic E-state index is 0.00649. The van der Waals surface area contributed by atoms with Crippen LogP contribution in [0.5, 0.6) is 0 Å². The van der Waals surface area contributed by atoms with Gasteiger partial charge in [0.15, 0.2) is 12.2 Å². The van der Waals surface area contributed by atoms with Gasteiger partial charge in [0.2, 0.25) is 0 Å². The van der Waals surface area contributed by atoms with Gasteiger partial charge in [-0.25, -0.2) is 4.79 Å². The Kier molecular flexibility index (Phi) is 6.50. The van der Waals surface area contributed by atoms with Crippen molar-refractivity contribution < 1.29 is 33.3 Å². The quantitative estimate of drug-likeness (QED) is 0.479. The van der Waals surface area contributed by atoms with Crippen LogP contribution in [0.15, 0.2) is 15.8 Å². The number of carbonyl (C=O) groups excluding carboxylic acids is 3. The fourth-order valence-electron chi connectivity index (χ4n) is 2.82. The Bertz CT molecular complexity index is 828. The van der Waals surface area contributed by atoms with Crippen molar-refractivity contribution in [3.63, 3.8) is 0 Å². The smallest absolute Gasteiger partial charge is 0.325 e. The first kappa shape index (κ1) is 20.4. The number of carbonyl (C=O) groups is 3. The molecule has 2 heterocycles. The summed E-state index contributed by atoms with van der Waals surface area (Å²) in [6, 6.07) is 0. The minimum atomic E-state index is -1.12. The molecule has 1 aromatic heterocycles. The summed E-state index contributed by atoms with van der Waals surface area (Å²) >= 11 is 0. The number of aromatic nitrogens is 2. The number of H-pyrrole nitrogens is 2. The van der Waals surface area contributed by atoms with Gasteiger partial charge < -0.3 is 23.9 Å².